The van der Waals surface area contributed by atoms with Crippen molar-refractivity contribution in [2.75, 3.05) is 0 Å². The van der Waals surface area contributed by atoms with Crippen LogP contribution < -0.4 is 4.72 Å². The summed E-state index contributed by atoms with van der Waals surface area (Å²) < 4.78 is 58.2. The van der Waals surface area contributed by atoms with Gasteiger partial charge in [-0.1, -0.05) is 20.8 Å². The standard InChI is InChI=1S/C23H27F2N3O2S/c1-14-18(7-16(24)11-26-14)20-9-22-19(8-21(20)25)15(12-28(22)13-23(2,3)4)10-27-31(29,30)17-5-6-17/h7-9,11-12,17,27H,5-6,10,13H2,1-4H3. The zero-order chi connectivity index (χ0) is 22.6. The number of fused-ring (bicyclic) bond motifs is 1. The van der Waals surface area contributed by atoms with Gasteiger partial charge in [-0.15, -0.1) is 0 Å². The number of nitrogens with one attached hydrogen (secondary N) is 1. The van der Waals surface area contributed by atoms with Crippen LogP contribution in [0.4, 0.5) is 8.78 Å². The summed E-state index contributed by atoms with van der Waals surface area (Å²) in [7, 11) is -3.35. The topological polar surface area (TPSA) is 64.0 Å². The molecule has 1 N–H and O–H groups in total. The van der Waals surface area contributed by atoms with E-state index in [1.807, 2.05) is 10.8 Å². The summed E-state index contributed by atoms with van der Waals surface area (Å²) in [6.07, 6.45) is 4.35. The monoisotopic (exact) mass is 447 g/mol. The lowest BCUT2D eigenvalue weighted by atomic mass is 9.96. The Hall–Kier alpha value is -2.32. The number of hydrogen-bond donors (Lipinski definition) is 1. The van der Waals surface area contributed by atoms with Gasteiger partial charge in [-0.2, -0.15) is 0 Å². The van der Waals surface area contributed by atoms with E-state index in [2.05, 4.69) is 30.5 Å². The maximum atomic E-state index is 15.2. The first kappa shape index (κ1) is 21.9. The number of halogens is 2. The Labute approximate surface area is 181 Å². The molecule has 4 rings (SSSR count). The second-order valence-corrected chi connectivity index (χ2v) is 11.6. The lowest BCUT2D eigenvalue weighted by molar-refractivity contribution is 0.349. The van der Waals surface area contributed by atoms with E-state index in [0.29, 0.717) is 41.6 Å². The minimum Gasteiger partial charge on any atom is -0.347 e. The van der Waals surface area contributed by atoms with Gasteiger partial charge in [0.05, 0.1) is 11.4 Å². The van der Waals surface area contributed by atoms with Crippen LogP contribution in [0.25, 0.3) is 22.0 Å². The molecule has 2 heterocycles. The zero-order valence-electron chi connectivity index (χ0n) is 18.2. The number of pyridine rings is 1. The molecule has 31 heavy (non-hydrogen) atoms. The van der Waals surface area contributed by atoms with Crippen molar-refractivity contribution in [1.82, 2.24) is 14.3 Å². The Balaban J connectivity index is 1.82. The molecule has 3 aromatic rings. The number of nitrogens with zero attached hydrogens (tertiary/aromatic N) is 2. The Morgan fingerprint density at radius 1 is 1.16 bits per heavy atom. The molecule has 0 spiro atoms. The van der Waals surface area contributed by atoms with Gasteiger partial charge < -0.3 is 4.57 Å². The minimum absolute atomic E-state index is 0.0540. The van der Waals surface area contributed by atoms with E-state index in [9.17, 15) is 12.8 Å². The summed E-state index contributed by atoms with van der Waals surface area (Å²) in [6.45, 7) is 8.76. The largest absolute Gasteiger partial charge is 0.347 e. The van der Waals surface area contributed by atoms with Crippen LogP contribution in [-0.4, -0.2) is 23.2 Å². The summed E-state index contributed by atoms with van der Waals surface area (Å²) >= 11 is 0. The molecule has 1 aromatic carbocycles. The van der Waals surface area contributed by atoms with E-state index >= 15 is 4.39 Å². The lowest BCUT2D eigenvalue weighted by Gasteiger charge is -2.20. The van der Waals surface area contributed by atoms with Crippen molar-refractivity contribution in [3.63, 3.8) is 0 Å². The van der Waals surface area contributed by atoms with Gasteiger partial charge in [0, 0.05) is 47.0 Å². The van der Waals surface area contributed by atoms with Crippen molar-refractivity contribution >= 4 is 20.9 Å². The van der Waals surface area contributed by atoms with Gasteiger partial charge in [0.2, 0.25) is 10.0 Å². The van der Waals surface area contributed by atoms with E-state index in [-0.39, 0.29) is 22.8 Å². The first-order valence-electron chi connectivity index (χ1n) is 10.4. The molecule has 0 radical (unpaired) electrons. The average molecular weight is 448 g/mol. The van der Waals surface area contributed by atoms with Crippen LogP contribution in [0.15, 0.2) is 30.6 Å². The molecular weight excluding hydrogens is 420 g/mol. The Kier molecular flexibility index (Phi) is 5.42. The van der Waals surface area contributed by atoms with Crippen LogP contribution in [0.2, 0.25) is 0 Å². The summed E-state index contributed by atoms with van der Waals surface area (Å²) in [4.78, 5) is 4.02. The highest BCUT2D eigenvalue weighted by Gasteiger charge is 2.35. The number of hydrogen-bond acceptors (Lipinski definition) is 3. The molecule has 2 aromatic heterocycles. The number of sulfonamides is 1. The molecule has 0 bridgehead atoms. The highest BCUT2D eigenvalue weighted by molar-refractivity contribution is 7.90. The van der Waals surface area contributed by atoms with Crippen molar-refractivity contribution in [1.29, 1.82) is 0 Å². The van der Waals surface area contributed by atoms with Gasteiger partial charge in [-0.25, -0.2) is 21.9 Å². The molecule has 0 aliphatic heterocycles. The van der Waals surface area contributed by atoms with Gasteiger partial charge in [0.15, 0.2) is 0 Å². The predicted molar refractivity (Wildman–Crippen MR) is 118 cm³/mol. The van der Waals surface area contributed by atoms with Gasteiger partial charge in [0.25, 0.3) is 0 Å². The van der Waals surface area contributed by atoms with E-state index in [1.165, 1.54) is 12.1 Å². The third kappa shape index (κ3) is 4.65. The Bertz CT molecular complexity index is 1260. The van der Waals surface area contributed by atoms with Crippen LogP contribution >= 0.6 is 0 Å². The third-order valence-corrected chi connectivity index (χ3v) is 7.36. The highest BCUT2D eigenvalue weighted by Crippen LogP contribution is 2.34. The molecule has 1 saturated carbocycles. The molecule has 0 saturated heterocycles. The predicted octanol–water partition coefficient (Wildman–Crippen LogP) is 4.92. The molecule has 1 aliphatic carbocycles. The van der Waals surface area contributed by atoms with Crippen molar-refractivity contribution < 1.29 is 17.2 Å². The van der Waals surface area contributed by atoms with E-state index < -0.39 is 21.7 Å². The van der Waals surface area contributed by atoms with E-state index in [4.69, 9.17) is 0 Å². The van der Waals surface area contributed by atoms with Crippen LogP contribution in [0.5, 0.6) is 0 Å². The summed E-state index contributed by atoms with van der Waals surface area (Å²) in [5.74, 6) is -1.02. The molecule has 1 fully saturated rings. The van der Waals surface area contributed by atoms with Crippen LogP contribution in [0, 0.1) is 24.0 Å². The maximum Gasteiger partial charge on any atom is 0.214 e. The average Bonchev–Trinajstić information content (AvgIpc) is 3.47. The molecule has 0 atom stereocenters. The molecule has 0 unspecified atom stereocenters. The lowest BCUT2D eigenvalue weighted by Crippen LogP contribution is -2.26. The Morgan fingerprint density at radius 2 is 1.87 bits per heavy atom. The fourth-order valence-corrected chi connectivity index (χ4v) is 5.18. The molecule has 166 valence electrons. The van der Waals surface area contributed by atoms with Gasteiger partial charge in [-0.3, -0.25) is 4.98 Å². The molecular formula is C23H27F2N3O2S. The molecule has 0 amide bonds. The van der Waals surface area contributed by atoms with Crippen molar-refractivity contribution in [2.24, 2.45) is 5.41 Å². The quantitative estimate of drug-likeness (QED) is 0.584. The summed E-state index contributed by atoms with van der Waals surface area (Å²) in [5.41, 5.74) is 2.64. The van der Waals surface area contributed by atoms with Crippen molar-refractivity contribution in [3.8, 4) is 11.1 Å². The fraction of sp³-hybridized carbons (Fsp3) is 0.435. The van der Waals surface area contributed by atoms with Gasteiger partial charge in [-0.05, 0) is 48.9 Å². The van der Waals surface area contributed by atoms with E-state index in [1.54, 1.807) is 13.0 Å². The van der Waals surface area contributed by atoms with Gasteiger partial charge in [0.1, 0.15) is 11.6 Å². The number of rotatable bonds is 6. The van der Waals surface area contributed by atoms with Crippen molar-refractivity contribution in [2.45, 2.75) is 58.9 Å². The highest BCUT2D eigenvalue weighted by atomic mass is 32.2. The molecule has 5 nitrogen and oxygen atoms in total. The Morgan fingerprint density at radius 3 is 2.52 bits per heavy atom. The normalized spacial score (nSPS) is 15.0. The SMILES string of the molecule is Cc1ncc(F)cc1-c1cc2c(cc1F)c(CNS(=O)(=O)C1CC1)cn2CC(C)(C)C. The molecule has 1 aliphatic rings. The first-order valence-corrected chi connectivity index (χ1v) is 11.9. The van der Waals surface area contributed by atoms with Crippen LogP contribution in [0.3, 0.4) is 0 Å². The van der Waals surface area contributed by atoms with Gasteiger partial charge >= 0.3 is 0 Å². The second kappa shape index (κ2) is 7.67. The maximum absolute atomic E-state index is 15.2. The first-order chi connectivity index (χ1) is 14.4. The summed E-state index contributed by atoms with van der Waals surface area (Å²) in [5, 5.41) is 0.327. The van der Waals surface area contributed by atoms with Crippen molar-refractivity contribution in [3.05, 3.63) is 53.5 Å². The summed E-state index contributed by atoms with van der Waals surface area (Å²) in [6, 6.07) is 4.40. The second-order valence-electron chi connectivity index (χ2n) is 9.54. The number of benzene rings is 1. The van der Waals surface area contributed by atoms with E-state index in [0.717, 1.165) is 11.7 Å². The minimum atomic E-state index is -3.35. The fourth-order valence-electron chi connectivity index (χ4n) is 3.83. The third-order valence-electron chi connectivity index (χ3n) is 5.47. The molecule has 8 heteroatoms. The van der Waals surface area contributed by atoms with Crippen LogP contribution in [-0.2, 0) is 23.1 Å². The smallest absolute Gasteiger partial charge is 0.214 e. The zero-order valence-corrected chi connectivity index (χ0v) is 19.0. The number of aryl methyl sites for hydroxylation is 1. The van der Waals surface area contributed by atoms with Crippen LogP contribution in [0.1, 0.15) is 44.9 Å². The number of aromatic nitrogens is 2.